The Bertz CT molecular complexity index is 93.7. The van der Waals surface area contributed by atoms with E-state index in [1.54, 1.807) is 14.2 Å². The van der Waals surface area contributed by atoms with Crippen LogP contribution in [0, 0.1) is 0 Å². The zero-order chi connectivity index (χ0) is 8.20. The molecule has 10 heavy (non-hydrogen) atoms. The van der Waals surface area contributed by atoms with Crippen molar-refractivity contribution in [3.05, 3.63) is 0 Å². The van der Waals surface area contributed by atoms with Gasteiger partial charge in [0.25, 0.3) is 0 Å². The van der Waals surface area contributed by atoms with Crippen LogP contribution < -0.4 is 4.98 Å². The maximum absolute atomic E-state index is 5.20. The molecule has 4 heteroatoms. The molecule has 0 fully saturated rings. The Labute approximate surface area is 64.0 Å². The van der Waals surface area contributed by atoms with E-state index in [-0.39, 0.29) is 0 Å². The lowest BCUT2D eigenvalue weighted by atomic mass is 10.4. The smallest absolute Gasteiger partial charge is 0.386 e. The van der Waals surface area contributed by atoms with E-state index in [0.717, 1.165) is 0 Å². The molecular weight excluding hydrogens is 146 g/mol. The number of hydrogen-bond donors (Lipinski definition) is 1. The van der Waals surface area contributed by atoms with Crippen LogP contribution in [0.15, 0.2) is 0 Å². The molecule has 0 aromatic rings. The molecule has 0 aliphatic heterocycles. The van der Waals surface area contributed by atoms with Crippen LogP contribution in [0.25, 0.3) is 0 Å². The van der Waals surface area contributed by atoms with Gasteiger partial charge in [0.15, 0.2) is 0 Å². The second kappa shape index (κ2) is 4.08. The van der Waals surface area contributed by atoms with Gasteiger partial charge in [-0.15, -0.1) is 0 Å². The summed E-state index contributed by atoms with van der Waals surface area (Å²) < 4.78 is 10.4. The van der Waals surface area contributed by atoms with Crippen molar-refractivity contribution in [3.8, 4) is 0 Å². The molecule has 0 spiro atoms. The fourth-order valence-electron chi connectivity index (χ4n) is 0.726. The monoisotopic (exact) mass is 163 g/mol. The first kappa shape index (κ1) is 10.1. The standard InChI is InChI=1S/C6H17NO2Si/c1-6(2)7-10(5,8-3)9-4/h6-7H,1-5H3. The van der Waals surface area contributed by atoms with E-state index < -0.39 is 8.72 Å². The van der Waals surface area contributed by atoms with E-state index >= 15 is 0 Å². The first-order chi connectivity index (χ1) is 4.54. The van der Waals surface area contributed by atoms with Gasteiger partial charge >= 0.3 is 8.72 Å². The molecule has 0 aliphatic carbocycles. The first-order valence-corrected chi connectivity index (χ1v) is 5.73. The summed E-state index contributed by atoms with van der Waals surface area (Å²) in [5, 5.41) is 0. The fraction of sp³-hybridized carbons (Fsp3) is 1.00. The molecule has 0 heterocycles. The predicted molar refractivity (Wildman–Crippen MR) is 43.9 cm³/mol. The third-order valence-corrected chi connectivity index (χ3v) is 3.99. The highest BCUT2D eigenvalue weighted by atomic mass is 28.4. The highest BCUT2D eigenvalue weighted by Crippen LogP contribution is 1.99. The van der Waals surface area contributed by atoms with E-state index in [0.29, 0.717) is 6.04 Å². The molecule has 0 aromatic heterocycles. The Morgan fingerprint density at radius 1 is 1.20 bits per heavy atom. The largest absolute Gasteiger partial charge is 0.421 e. The summed E-state index contributed by atoms with van der Waals surface area (Å²) in [7, 11) is 1.33. The molecule has 62 valence electrons. The number of hydrogen-bond acceptors (Lipinski definition) is 3. The molecule has 0 saturated heterocycles. The molecule has 0 aromatic carbocycles. The third kappa shape index (κ3) is 3.31. The predicted octanol–water partition coefficient (Wildman–Crippen LogP) is 0.846. The maximum Gasteiger partial charge on any atom is 0.421 e. The molecule has 1 N–H and O–H groups in total. The zero-order valence-electron chi connectivity index (χ0n) is 7.39. The minimum atomic E-state index is -2.01. The molecular formula is C6H17NO2Si. The minimum absolute atomic E-state index is 0.413. The average molecular weight is 163 g/mol. The summed E-state index contributed by atoms with van der Waals surface area (Å²) in [6, 6.07) is 0.413. The van der Waals surface area contributed by atoms with Gasteiger partial charge in [-0.1, -0.05) is 13.8 Å². The molecule has 3 nitrogen and oxygen atoms in total. The van der Waals surface area contributed by atoms with Crippen LogP contribution in [-0.2, 0) is 8.85 Å². The molecule has 0 rings (SSSR count). The van der Waals surface area contributed by atoms with E-state index in [9.17, 15) is 0 Å². The molecule has 0 amide bonds. The number of rotatable bonds is 4. The van der Waals surface area contributed by atoms with Gasteiger partial charge in [-0.25, -0.2) is 0 Å². The summed E-state index contributed by atoms with van der Waals surface area (Å²) in [6.07, 6.45) is 0. The van der Waals surface area contributed by atoms with Crippen molar-refractivity contribution in [3.63, 3.8) is 0 Å². The van der Waals surface area contributed by atoms with Crippen molar-refractivity contribution in [1.29, 1.82) is 0 Å². The first-order valence-electron chi connectivity index (χ1n) is 3.42. The van der Waals surface area contributed by atoms with Gasteiger partial charge in [-0.3, -0.25) is 4.98 Å². The Morgan fingerprint density at radius 2 is 1.60 bits per heavy atom. The second-order valence-electron chi connectivity index (χ2n) is 2.65. The Kier molecular flexibility index (Phi) is 4.11. The van der Waals surface area contributed by atoms with Crippen LogP contribution >= 0.6 is 0 Å². The van der Waals surface area contributed by atoms with Crippen LogP contribution in [0.4, 0.5) is 0 Å². The summed E-state index contributed by atoms with van der Waals surface area (Å²) in [6.45, 7) is 6.12. The van der Waals surface area contributed by atoms with Gasteiger partial charge < -0.3 is 8.85 Å². The maximum atomic E-state index is 5.20. The SMILES string of the molecule is CO[Si](C)(NC(C)C)OC. The summed E-state index contributed by atoms with van der Waals surface area (Å²) in [4.78, 5) is 3.25. The molecule has 0 saturated carbocycles. The van der Waals surface area contributed by atoms with Crippen molar-refractivity contribution < 1.29 is 8.85 Å². The van der Waals surface area contributed by atoms with E-state index in [1.165, 1.54) is 0 Å². The fourth-order valence-corrected chi connectivity index (χ4v) is 2.18. The van der Waals surface area contributed by atoms with Gasteiger partial charge in [0.2, 0.25) is 0 Å². The summed E-state index contributed by atoms with van der Waals surface area (Å²) >= 11 is 0. The lowest BCUT2D eigenvalue weighted by molar-refractivity contribution is 0.231. The van der Waals surface area contributed by atoms with Gasteiger partial charge in [-0.05, 0) is 12.6 Å². The van der Waals surface area contributed by atoms with Crippen LogP contribution in [0.2, 0.25) is 6.55 Å². The van der Waals surface area contributed by atoms with E-state index in [4.69, 9.17) is 8.85 Å². The summed E-state index contributed by atoms with van der Waals surface area (Å²) in [5.41, 5.74) is 0. The quantitative estimate of drug-likeness (QED) is 0.623. The highest BCUT2D eigenvalue weighted by molar-refractivity contribution is 6.63. The average Bonchev–Trinajstić information content (AvgIpc) is 1.87. The van der Waals surface area contributed by atoms with Crippen molar-refractivity contribution in [2.24, 2.45) is 0 Å². The Hall–Kier alpha value is 0.0969. The second-order valence-corrected chi connectivity index (χ2v) is 5.65. The number of nitrogens with one attached hydrogen (secondary N) is 1. The molecule has 0 bridgehead atoms. The Morgan fingerprint density at radius 3 is 1.70 bits per heavy atom. The van der Waals surface area contributed by atoms with Crippen LogP contribution in [0.5, 0.6) is 0 Å². The normalized spacial score (nSPS) is 12.6. The van der Waals surface area contributed by atoms with Crippen molar-refractivity contribution in [2.75, 3.05) is 14.2 Å². The van der Waals surface area contributed by atoms with Gasteiger partial charge in [0.1, 0.15) is 0 Å². The lowest BCUT2D eigenvalue weighted by Crippen LogP contribution is -2.54. The van der Waals surface area contributed by atoms with Crippen molar-refractivity contribution in [1.82, 2.24) is 4.98 Å². The highest BCUT2D eigenvalue weighted by Gasteiger charge is 2.29. The summed E-state index contributed by atoms with van der Waals surface area (Å²) in [5.74, 6) is 0. The molecule has 0 unspecified atom stereocenters. The van der Waals surface area contributed by atoms with Crippen molar-refractivity contribution in [2.45, 2.75) is 26.4 Å². The van der Waals surface area contributed by atoms with Gasteiger partial charge in [0, 0.05) is 14.2 Å². The minimum Gasteiger partial charge on any atom is -0.386 e. The topological polar surface area (TPSA) is 30.5 Å². The molecule has 0 radical (unpaired) electrons. The van der Waals surface area contributed by atoms with Crippen LogP contribution in [0.1, 0.15) is 13.8 Å². The van der Waals surface area contributed by atoms with E-state index in [1.807, 2.05) is 6.55 Å². The lowest BCUT2D eigenvalue weighted by Gasteiger charge is -2.25. The van der Waals surface area contributed by atoms with E-state index in [2.05, 4.69) is 18.8 Å². The van der Waals surface area contributed by atoms with Gasteiger partial charge in [0.05, 0.1) is 0 Å². The van der Waals surface area contributed by atoms with Crippen molar-refractivity contribution >= 4 is 8.72 Å². The Balaban J connectivity index is 3.80. The molecule has 0 atom stereocenters. The molecule has 0 aliphatic rings. The van der Waals surface area contributed by atoms with Gasteiger partial charge in [-0.2, -0.15) is 0 Å². The van der Waals surface area contributed by atoms with Crippen LogP contribution in [0.3, 0.4) is 0 Å². The zero-order valence-corrected chi connectivity index (χ0v) is 8.39. The third-order valence-electron chi connectivity index (χ3n) is 1.33. The van der Waals surface area contributed by atoms with Crippen LogP contribution in [-0.4, -0.2) is 29.0 Å².